The summed E-state index contributed by atoms with van der Waals surface area (Å²) in [6.45, 7) is 1.22. The van der Waals surface area contributed by atoms with Crippen molar-refractivity contribution in [3.8, 4) is 0 Å². The lowest BCUT2D eigenvalue weighted by Gasteiger charge is -2.17. The van der Waals surface area contributed by atoms with Gasteiger partial charge in [-0.15, -0.1) is 0 Å². The third-order valence-electron chi connectivity index (χ3n) is 4.13. The van der Waals surface area contributed by atoms with E-state index in [2.05, 4.69) is 10.6 Å². The molecule has 124 valence electrons. The highest BCUT2D eigenvalue weighted by Gasteiger charge is 2.23. The summed E-state index contributed by atoms with van der Waals surface area (Å²) in [5, 5.41) is 5.41. The molecular formula is C19H21N3O2. The minimum absolute atomic E-state index is 0.00546. The zero-order chi connectivity index (χ0) is 16.8. The van der Waals surface area contributed by atoms with Gasteiger partial charge in [-0.05, 0) is 30.0 Å². The summed E-state index contributed by atoms with van der Waals surface area (Å²) in [5.41, 5.74) is 3.30. The van der Waals surface area contributed by atoms with Gasteiger partial charge in [-0.25, -0.2) is 4.79 Å². The molecule has 0 bridgehead atoms. The van der Waals surface area contributed by atoms with Crippen LogP contribution in [0, 0.1) is 0 Å². The van der Waals surface area contributed by atoms with Crippen LogP contribution in [0.4, 0.5) is 10.5 Å². The van der Waals surface area contributed by atoms with Gasteiger partial charge in [0.2, 0.25) is 5.91 Å². The summed E-state index contributed by atoms with van der Waals surface area (Å²) >= 11 is 0. The van der Waals surface area contributed by atoms with Crippen LogP contribution in [0.1, 0.15) is 11.1 Å². The first-order valence-electron chi connectivity index (χ1n) is 8.18. The van der Waals surface area contributed by atoms with Crippen LogP contribution < -0.4 is 15.5 Å². The molecule has 2 N–H and O–H groups in total. The molecule has 0 fully saturated rings. The molecule has 2 aromatic rings. The Labute approximate surface area is 141 Å². The number of urea groups is 1. The molecule has 1 aliphatic heterocycles. The van der Waals surface area contributed by atoms with Gasteiger partial charge in [-0.2, -0.15) is 0 Å². The number of fused-ring (bicyclic) bond motifs is 1. The number of hydrogen-bond acceptors (Lipinski definition) is 2. The van der Waals surface area contributed by atoms with Gasteiger partial charge in [-0.3, -0.25) is 4.79 Å². The van der Waals surface area contributed by atoms with Crippen molar-refractivity contribution in [2.75, 3.05) is 24.5 Å². The van der Waals surface area contributed by atoms with Gasteiger partial charge in [0.1, 0.15) is 0 Å². The van der Waals surface area contributed by atoms with E-state index in [-0.39, 0.29) is 18.5 Å². The van der Waals surface area contributed by atoms with Crippen LogP contribution in [0.5, 0.6) is 0 Å². The maximum Gasteiger partial charge on any atom is 0.315 e. The van der Waals surface area contributed by atoms with Gasteiger partial charge in [0, 0.05) is 18.8 Å². The summed E-state index contributed by atoms with van der Waals surface area (Å²) in [5.74, 6) is -0.0850. The first-order chi connectivity index (χ1) is 11.7. The number of nitrogens with zero attached hydrogens (tertiary/aromatic N) is 1. The van der Waals surface area contributed by atoms with Gasteiger partial charge in [0.05, 0.1) is 6.54 Å². The van der Waals surface area contributed by atoms with Gasteiger partial charge < -0.3 is 15.5 Å². The van der Waals surface area contributed by atoms with Crippen LogP contribution >= 0.6 is 0 Å². The fraction of sp³-hybridized carbons (Fsp3) is 0.263. The van der Waals surface area contributed by atoms with Crippen LogP contribution in [-0.2, 0) is 17.6 Å². The standard InChI is InChI=1S/C19H21N3O2/c23-18(22-13-11-16-8-4-5-9-17(16)22)14-21-19(24)20-12-10-15-6-2-1-3-7-15/h1-9H,10-14H2,(H2,20,21,24). The van der Waals surface area contributed by atoms with Gasteiger partial charge in [0.15, 0.2) is 0 Å². The van der Waals surface area contributed by atoms with Crippen molar-refractivity contribution in [3.05, 3.63) is 65.7 Å². The third kappa shape index (κ3) is 3.93. The molecule has 0 spiro atoms. The second-order valence-electron chi connectivity index (χ2n) is 5.77. The molecule has 0 radical (unpaired) electrons. The highest BCUT2D eigenvalue weighted by Crippen LogP contribution is 2.27. The molecule has 5 nitrogen and oxygen atoms in total. The lowest BCUT2D eigenvalue weighted by atomic mass is 10.1. The Morgan fingerprint density at radius 3 is 2.54 bits per heavy atom. The van der Waals surface area contributed by atoms with E-state index in [1.54, 1.807) is 4.90 Å². The molecule has 0 atom stereocenters. The lowest BCUT2D eigenvalue weighted by Crippen LogP contribution is -2.43. The van der Waals surface area contributed by atoms with Crippen LogP contribution in [0.15, 0.2) is 54.6 Å². The first-order valence-corrected chi connectivity index (χ1v) is 8.18. The van der Waals surface area contributed by atoms with Crippen molar-refractivity contribution in [2.24, 2.45) is 0 Å². The topological polar surface area (TPSA) is 61.4 Å². The largest absolute Gasteiger partial charge is 0.338 e. The number of amides is 3. The van der Waals surface area contributed by atoms with Crippen molar-refractivity contribution in [2.45, 2.75) is 12.8 Å². The van der Waals surface area contributed by atoms with Crippen LogP contribution in [-0.4, -0.2) is 31.6 Å². The van der Waals surface area contributed by atoms with E-state index in [0.29, 0.717) is 13.1 Å². The molecule has 5 heteroatoms. The summed E-state index contributed by atoms with van der Waals surface area (Å²) in [6.07, 6.45) is 1.63. The number of rotatable bonds is 5. The van der Waals surface area contributed by atoms with E-state index in [1.165, 1.54) is 11.1 Å². The van der Waals surface area contributed by atoms with Gasteiger partial charge in [0.25, 0.3) is 0 Å². The molecule has 0 saturated heterocycles. The molecule has 0 aliphatic carbocycles. The highest BCUT2D eigenvalue weighted by molar-refractivity contribution is 5.98. The highest BCUT2D eigenvalue weighted by atomic mass is 16.2. The summed E-state index contributed by atoms with van der Waals surface area (Å²) in [6, 6.07) is 17.5. The molecule has 2 aromatic carbocycles. The van der Waals surface area contributed by atoms with Gasteiger partial charge in [-0.1, -0.05) is 48.5 Å². The molecule has 0 aromatic heterocycles. The Kier molecular flexibility index (Phi) is 5.11. The van der Waals surface area contributed by atoms with E-state index in [4.69, 9.17) is 0 Å². The second-order valence-corrected chi connectivity index (χ2v) is 5.77. The Balaban J connectivity index is 1.41. The maximum atomic E-state index is 12.3. The SMILES string of the molecule is O=C(NCCc1ccccc1)NCC(=O)N1CCc2ccccc21. The molecular weight excluding hydrogens is 302 g/mol. The van der Waals surface area contributed by atoms with E-state index in [9.17, 15) is 9.59 Å². The number of para-hydroxylation sites is 1. The van der Waals surface area contributed by atoms with Crippen molar-refractivity contribution in [1.29, 1.82) is 0 Å². The quantitative estimate of drug-likeness (QED) is 0.885. The molecule has 24 heavy (non-hydrogen) atoms. The number of hydrogen-bond donors (Lipinski definition) is 2. The van der Waals surface area contributed by atoms with E-state index >= 15 is 0 Å². The monoisotopic (exact) mass is 323 g/mol. The summed E-state index contributed by atoms with van der Waals surface area (Å²) < 4.78 is 0. The normalized spacial score (nSPS) is 12.6. The predicted octanol–water partition coefficient (Wildman–Crippen LogP) is 2.12. The lowest BCUT2D eigenvalue weighted by molar-refractivity contribution is -0.117. The molecule has 1 aliphatic rings. The Morgan fingerprint density at radius 1 is 0.958 bits per heavy atom. The van der Waals surface area contributed by atoms with Crippen molar-refractivity contribution >= 4 is 17.6 Å². The number of carbonyl (C=O) groups excluding carboxylic acids is 2. The minimum atomic E-state index is -0.313. The van der Waals surface area contributed by atoms with Crippen molar-refractivity contribution in [1.82, 2.24) is 10.6 Å². The van der Waals surface area contributed by atoms with Crippen LogP contribution in [0.2, 0.25) is 0 Å². The second kappa shape index (κ2) is 7.64. The zero-order valence-electron chi connectivity index (χ0n) is 13.5. The molecule has 0 saturated carbocycles. The average Bonchev–Trinajstić information content (AvgIpc) is 3.05. The Hall–Kier alpha value is -2.82. The number of anilines is 1. The van der Waals surface area contributed by atoms with Crippen LogP contribution in [0.25, 0.3) is 0 Å². The maximum absolute atomic E-state index is 12.3. The Bertz CT molecular complexity index is 716. The van der Waals surface area contributed by atoms with E-state index in [1.807, 2.05) is 54.6 Å². The number of carbonyl (C=O) groups is 2. The fourth-order valence-electron chi connectivity index (χ4n) is 2.88. The van der Waals surface area contributed by atoms with Gasteiger partial charge >= 0.3 is 6.03 Å². The van der Waals surface area contributed by atoms with Crippen LogP contribution in [0.3, 0.4) is 0 Å². The fourth-order valence-corrected chi connectivity index (χ4v) is 2.88. The summed E-state index contributed by atoms with van der Waals surface area (Å²) in [4.78, 5) is 25.8. The third-order valence-corrected chi connectivity index (χ3v) is 4.13. The minimum Gasteiger partial charge on any atom is -0.338 e. The molecule has 3 rings (SSSR count). The zero-order valence-corrected chi connectivity index (χ0v) is 13.5. The average molecular weight is 323 g/mol. The molecule has 3 amide bonds. The Morgan fingerprint density at radius 2 is 1.71 bits per heavy atom. The smallest absolute Gasteiger partial charge is 0.315 e. The van der Waals surface area contributed by atoms with Crippen molar-refractivity contribution in [3.63, 3.8) is 0 Å². The molecule has 1 heterocycles. The summed E-state index contributed by atoms with van der Waals surface area (Å²) in [7, 11) is 0. The predicted molar refractivity (Wildman–Crippen MR) is 94.0 cm³/mol. The van der Waals surface area contributed by atoms with E-state index < -0.39 is 0 Å². The van der Waals surface area contributed by atoms with E-state index in [0.717, 1.165) is 18.5 Å². The number of benzene rings is 2. The first kappa shape index (κ1) is 16.1. The van der Waals surface area contributed by atoms with Crippen molar-refractivity contribution < 1.29 is 9.59 Å². The molecule has 0 unspecified atom stereocenters. The number of nitrogens with one attached hydrogen (secondary N) is 2.